The van der Waals surface area contributed by atoms with Crippen LogP contribution in [0.3, 0.4) is 0 Å². The maximum absolute atomic E-state index is 4.34. The molecule has 0 aliphatic carbocycles. The van der Waals surface area contributed by atoms with Gasteiger partial charge in [0.2, 0.25) is 0 Å². The number of thiazole rings is 1. The molecule has 0 aliphatic rings. The van der Waals surface area contributed by atoms with E-state index in [-0.39, 0.29) is 6.04 Å². The first-order valence-electron chi connectivity index (χ1n) is 12.1. The molecule has 7 heteroatoms. The zero-order valence-electron chi connectivity index (χ0n) is 21.4. The van der Waals surface area contributed by atoms with Crippen LogP contribution in [0.15, 0.2) is 64.4 Å². The molecule has 0 aromatic carbocycles. The number of aromatic nitrogens is 4. The molecule has 5 nitrogen and oxygen atoms in total. The second kappa shape index (κ2) is 16.5. The standard InChI is InChI=1S/C27H41N5S2/c1-21(2)9-6-10-22(3)11-7-12-23(4)13-8-14-24(5)15-17-33-20-26(25-19-29-32-31-25)30-27-28-16-18-34-27/h9,11,13,15-16,18-19,26H,6-8,10,12,14,17,20H2,1-5H3,(H,28,30)(H,29,31,32). The first-order chi connectivity index (χ1) is 16.4. The molecule has 0 aliphatic heterocycles. The molecule has 0 bridgehead atoms. The lowest BCUT2D eigenvalue weighted by Gasteiger charge is -2.15. The van der Waals surface area contributed by atoms with Crippen molar-refractivity contribution in [2.45, 2.75) is 79.2 Å². The molecule has 2 rings (SSSR count). The van der Waals surface area contributed by atoms with Crippen molar-refractivity contribution < 1.29 is 0 Å². The van der Waals surface area contributed by atoms with E-state index in [2.05, 4.69) is 84.6 Å². The van der Waals surface area contributed by atoms with Crippen LogP contribution in [0.2, 0.25) is 0 Å². The van der Waals surface area contributed by atoms with Gasteiger partial charge in [-0.2, -0.15) is 11.8 Å². The summed E-state index contributed by atoms with van der Waals surface area (Å²) in [7, 11) is 0. The molecule has 0 spiro atoms. The number of H-pyrrole nitrogens is 1. The van der Waals surface area contributed by atoms with Gasteiger partial charge >= 0.3 is 0 Å². The van der Waals surface area contributed by atoms with E-state index in [1.165, 1.54) is 28.7 Å². The summed E-state index contributed by atoms with van der Waals surface area (Å²) >= 11 is 3.51. The van der Waals surface area contributed by atoms with Crippen LogP contribution in [0.25, 0.3) is 0 Å². The van der Waals surface area contributed by atoms with Crippen LogP contribution in [0, 0.1) is 0 Å². The van der Waals surface area contributed by atoms with Crippen molar-refractivity contribution in [1.82, 2.24) is 20.4 Å². The van der Waals surface area contributed by atoms with E-state index in [4.69, 9.17) is 0 Å². The average Bonchev–Trinajstić information content (AvgIpc) is 3.50. The van der Waals surface area contributed by atoms with Crippen LogP contribution in [0.5, 0.6) is 0 Å². The van der Waals surface area contributed by atoms with Crippen molar-refractivity contribution in [3.8, 4) is 0 Å². The Kier molecular flexibility index (Phi) is 13.6. The Morgan fingerprint density at radius 1 is 0.971 bits per heavy atom. The maximum atomic E-state index is 4.34. The topological polar surface area (TPSA) is 66.5 Å². The lowest BCUT2D eigenvalue weighted by molar-refractivity contribution is 0.825. The third-order valence-corrected chi connectivity index (χ3v) is 7.20. The molecule has 2 N–H and O–H groups in total. The van der Waals surface area contributed by atoms with E-state index in [1.54, 1.807) is 17.5 Å². The Bertz CT molecular complexity index is 920. The van der Waals surface area contributed by atoms with Gasteiger partial charge in [0.1, 0.15) is 0 Å². The average molecular weight is 500 g/mol. The first-order valence-corrected chi connectivity index (χ1v) is 14.2. The van der Waals surface area contributed by atoms with Crippen molar-refractivity contribution in [2.75, 3.05) is 16.8 Å². The monoisotopic (exact) mass is 499 g/mol. The van der Waals surface area contributed by atoms with Crippen LogP contribution >= 0.6 is 23.1 Å². The summed E-state index contributed by atoms with van der Waals surface area (Å²) in [5.41, 5.74) is 6.87. The summed E-state index contributed by atoms with van der Waals surface area (Å²) in [5.74, 6) is 1.93. The highest BCUT2D eigenvalue weighted by Gasteiger charge is 2.14. The molecular weight excluding hydrogens is 458 g/mol. The number of allylic oxidation sites excluding steroid dienone is 7. The highest BCUT2D eigenvalue weighted by Crippen LogP contribution is 2.23. The van der Waals surface area contributed by atoms with Gasteiger partial charge in [-0.15, -0.1) is 16.4 Å². The molecule has 1 atom stereocenters. The van der Waals surface area contributed by atoms with Gasteiger partial charge in [0, 0.05) is 23.1 Å². The zero-order chi connectivity index (χ0) is 24.6. The predicted molar refractivity (Wildman–Crippen MR) is 151 cm³/mol. The van der Waals surface area contributed by atoms with Crippen molar-refractivity contribution in [1.29, 1.82) is 0 Å². The zero-order valence-corrected chi connectivity index (χ0v) is 23.1. The number of aromatic amines is 1. The summed E-state index contributed by atoms with van der Waals surface area (Å²) < 4.78 is 0. The molecule has 0 saturated carbocycles. The Balaban J connectivity index is 1.65. The van der Waals surface area contributed by atoms with Crippen LogP contribution in [0.1, 0.15) is 84.9 Å². The lowest BCUT2D eigenvalue weighted by atomic mass is 10.0. The normalized spacial score (nSPS) is 13.7. The van der Waals surface area contributed by atoms with Gasteiger partial charge in [0.25, 0.3) is 0 Å². The van der Waals surface area contributed by atoms with E-state index in [0.29, 0.717) is 0 Å². The third-order valence-electron chi connectivity index (χ3n) is 5.53. The Hall–Kier alpha value is -2.12. The molecule has 34 heavy (non-hydrogen) atoms. The molecule has 0 saturated heterocycles. The van der Waals surface area contributed by atoms with Gasteiger partial charge in [-0.25, -0.2) is 4.98 Å². The number of thioether (sulfide) groups is 1. The van der Waals surface area contributed by atoms with E-state index >= 15 is 0 Å². The number of nitrogens with one attached hydrogen (secondary N) is 2. The summed E-state index contributed by atoms with van der Waals surface area (Å²) in [5, 5.41) is 17.1. The minimum absolute atomic E-state index is 0.121. The summed E-state index contributed by atoms with van der Waals surface area (Å²) in [6.45, 7) is 11.1. The van der Waals surface area contributed by atoms with Gasteiger partial charge in [-0.1, -0.05) is 51.8 Å². The Morgan fingerprint density at radius 2 is 1.62 bits per heavy atom. The van der Waals surface area contributed by atoms with Crippen molar-refractivity contribution in [3.05, 3.63) is 70.1 Å². The molecular formula is C27H41N5S2. The Labute approximate surface area is 214 Å². The smallest absolute Gasteiger partial charge is 0.183 e. The van der Waals surface area contributed by atoms with Gasteiger partial charge in [0.15, 0.2) is 5.13 Å². The lowest BCUT2D eigenvalue weighted by Crippen LogP contribution is -2.14. The largest absolute Gasteiger partial charge is 0.352 e. The number of anilines is 1. The Morgan fingerprint density at radius 3 is 2.18 bits per heavy atom. The highest BCUT2D eigenvalue weighted by atomic mass is 32.2. The van der Waals surface area contributed by atoms with Crippen molar-refractivity contribution in [2.24, 2.45) is 0 Å². The van der Waals surface area contributed by atoms with Gasteiger partial charge < -0.3 is 5.32 Å². The summed E-state index contributed by atoms with van der Waals surface area (Å²) in [6, 6.07) is 0.121. The quantitative estimate of drug-likeness (QED) is 0.180. The summed E-state index contributed by atoms with van der Waals surface area (Å²) in [4.78, 5) is 4.34. The number of rotatable bonds is 16. The van der Waals surface area contributed by atoms with Gasteiger partial charge in [-0.3, -0.25) is 5.10 Å². The SMILES string of the molecule is CC(C)=CCCC(C)=CCCC(C)=CCCC(C)=CCSCC(Nc1nccs1)c1cnn[nH]1. The molecule has 186 valence electrons. The van der Waals surface area contributed by atoms with Crippen LogP contribution in [-0.2, 0) is 0 Å². The fourth-order valence-electron chi connectivity index (χ4n) is 3.40. The third kappa shape index (κ3) is 12.4. The molecule has 2 aromatic rings. The van der Waals surface area contributed by atoms with E-state index in [0.717, 1.165) is 54.4 Å². The van der Waals surface area contributed by atoms with E-state index in [9.17, 15) is 0 Å². The number of hydrogen-bond donors (Lipinski definition) is 2. The number of hydrogen-bond acceptors (Lipinski definition) is 6. The molecule has 0 fully saturated rings. The van der Waals surface area contributed by atoms with Gasteiger partial charge in [-0.05, 0) is 73.1 Å². The van der Waals surface area contributed by atoms with Crippen molar-refractivity contribution >= 4 is 28.2 Å². The summed E-state index contributed by atoms with van der Waals surface area (Å²) in [6.07, 6.45) is 20.0. The second-order valence-corrected chi connectivity index (χ2v) is 11.0. The molecule has 1 unspecified atom stereocenters. The van der Waals surface area contributed by atoms with Crippen LogP contribution in [-0.4, -0.2) is 31.9 Å². The molecule has 0 amide bonds. The predicted octanol–water partition coefficient (Wildman–Crippen LogP) is 8.29. The fraction of sp³-hybridized carbons (Fsp3) is 0.519. The van der Waals surface area contributed by atoms with Crippen LogP contribution < -0.4 is 5.32 Å². The molecule has 2 heterocycles. The van der Waals surface area contributed by atoms with E-state index < -0.39 is 0 Å². The van der Waals surface area contributed by atoms with Crippen molar-refractivity contribution in [3.63, 3.8) is 0 Å². The van der Waals surface area contributed by atoms with Gasteiger partial charge in [0.05, 0.1) is 17.9 Å². The molecule has 0 radical (unpaired) electrons. The molecule has 2 aromatic heterocycles. The van der Waals surface area contributed by atoms with Crippen LogP contribution in [0.4, 0.5) is 5.13 Å². The number of nitrogens with zero attached hydrogens (tertiary/aromatic N) is 3. The minimum atomic E-state index is 0.121. The highest BCUT2D eigenvalue weighted by molar-refractivity contribution is 7.99. The minimum Gasteiger partial charge on any atom is -0.352 e. The first kappa shape index (κ1) is 28.1. The van der Waals surface area contributed by atoms with E-state index in [1.807, 2.05) is 23.3 Å². The fourth-order valence-corrected chi connectivity index (χ4v) is 5.02. The maximum Gasteiger partial charge on any atom is 0.183 e. The second-order valence-electron chi connectivity index (χ2n) is 9.03.